The molecule has 0 radical (unpaired) electrons. The summed E-state index contributed by atoms with van der Waals surface area (Å²) in [6.07, 6.45) is 0. The summed E-state index contributed by atoms with van der Waals surface area (Å²) in [4.78, 5) is 5.52. The van der Waals surface area contributed by atoms with Gasteiger partial charge in [-0.3, -0.25) is 0 Å². The molecule has 3 aliphatic rings. The molecule has 0 unspecified atom stereocenters. The highest BCUT2D eigenvalue weighted by Crippen LogP contribution is 2.60. The molecule has 18 rings (SSSR count). The van der Waals surface area contributed by atoms with Crippen molar-refractivity contribution in [3.63, 3.8) is 0 Å². The third-order valence-corrected chi connectivity index (χ3v) is 22.1. The molecule has 15 aromatic rings. The zero-order chi connectivity index (χ0) is 68.7. The standard InChI is InChI=1S/C97H80BN3/c1-94(2,3)69-56-76(63-34-16-10-17-35-63)92(77(57-69)64-36-18-11-19-37-64)100-85-55-53-81-89(75-48-28-31-49-80(75)97(81,67-42-24-14-25-43-67)68-44-26-15-27-45-68)91(85)98-82-54-52-72(99-83-50-32-29-46-73(83)74-47-30-33-51-84(74)99)62-86(82)101(88-61-71(96(7,8)9)60-87(100)90(88)98)93-78(65-38-20-12-21-39-65)58-70(95(4,5)6)59-79(93)66-40-22-13-23-41-66/h10-62H,1-9H3. The van der Waals surface area contributed by atoms with Gasteiger partial charge in [0.05, 0.1) is 27.8 Å². The molecule has 3 heterocycles. The summed E-state index contributed by atoms with van der Waals surface area (Å²) in [5, 5.41) is 2.46. The number of benzene rings is 14. The van der Waals surface area contributed by atoms with Gasteiger partial charge in [-0.2, -0.15) is 0 Å². The van der Waals surface area contributed by atoms with Crippen molar-refractivity contribution < 1.29 is 0 Å². The van der Waals surface area contributed by atoms with Gasteiger partial charge in [-0.25, -0.2) is 0 Å². The minimum absolute atomic E-state index is 0.192. The predicted molar refractivity (Wildman–Crippen MR) is 430 cm³/mol. The molecule has 0 spiro atoms. The Kier molecular flexibility index (Phi) is 14.3. The van der Waals surface area contributed by atoms with E-state index in [-0.39, 0.29) is 23.0 Å². The Bertz CT molecular complexity index is 5540. The van der Waals surface area contributed by atoms with Gasteiger partial charge in [-0.05, 0) is 172 Å². The number of nitrogens with zero attached hydrogens (tertiary/aromatic N) is 3. The van der Waals surface area contributed by atoms with E-state index < -0.39 is 5.41 Å². The molecule has 3 nitrogen and oxygen atoms in total. The fourth-order valence-electron chi connectivity index (χ4n) is 17.2. The van der Waals surface area contributed by atoms with E-state index in [1.54, 1.807) is 0 Å². The van der Waals surface area contributed by atoms with Gasteiger partial charge >= 0.3 is 0 Å². The van der Waals surface area contributed by atoms with Gasteiger partial charge in [0, 0.05) is 61.5 Å². The van der Waals surface area contributed by atoms with Crippen LogP contribution in [-0.2, 0) is 21.7 Å². The lowest BCUT2D eigenvalue weighted by molar-refractivity contribution is 0.590. The van der Waals surface area contributed by atoms with Crippen LogP contribution >= 0.6 is 0 Å². The van der Waals surface area contributed by atoms with E-state index in [1.165, 1.54) is 122 Å². The summed E-state index contributed by atoms with van der Waals surface area (Å²) in [5.41, 5.74) is 33.5. The van der Waals surface area contributed by atoms with E-state index >= 15 is 0 Å². The van der Waals surface area contributed by atoms with Crippen LogP contribution in [0.25, 0.3) is 83.1 Å². The van der Waals surface area contributed by atoms with Gasteiger partial charge < -0.3 is 14.4 Å². The van der Waals surface area contributed by atoms with Crippen LogP contribution in [0.4, 0.5) is 34.1 Å². The topological polar surface area (TPSA) is 11.4 Å². The largest absolute Gasteiger partial charge is 0.310 e. The van der Waals surface area contributed by atoms with E-state index in [9.17, 15) is 0 Å². The lowest BCUT2D eigenvalue weighted by Crippen LogP contribution is -2.62. The number of para-hydroxylation sites is 2. The second-order valence-corrected chi connectivity index (χ2v) is 31.1. The summed E-state index contributed by atoms with van der Waals surface area (Å²) in [7, 11) is 0. The highest BCUT2D eigenvalue weighted by molar-refractivity contribution is 7.01. The number of hydrogen-bond acceptors (Lipinski definition) is 2. The van der Waals surface area contributed by atoms with E-state index in [0.717, 1.165) is 50.7 Å². The predicted octanol–water partition coefficient (Wildman–Crippen LogP) is 23.8. The Hall–Kier alpha value is -11.5. The molecule has 0 amide bonds. The van der Waals surface area contributed by atoms with E-state index in [2.05, 4.69) is 398 Å². The maximum absolute atomic E-state index is 2.76. The van der Waals surface area contributed by atoms with Crippen molar-refractivity contribution in [3.8, 4) is 61.3 Å². The summed E-state index contributed by atoms with van der Waals surface area (Å²) >= 11 is 0. The third-order valence-electron chi connectivity index (χ3n) is 22.1. The van der Waals surface area contributed by atoms with Gasteiger partial charge in [0.15, 0.2) is 0 Å². The van der Waals surface area contributed by atoms with Crippen LogP contribution in [-0.4, -0.2) is 11.3 Å². The first-order valence-corrected chi connectivity index (χ1v) is 35.9. The molecule has 2 aliphatic heterocycles. The molecule has 0 saturated heterocycles. The van der Waals surface area contributed by atoms with Gasteiger partial charge in [0.25, 0.3) is 6.71 Å². The molecule has 0 N–H and O–H groups in total. The fraction of sp³-hybridized carbons (Fsp3) is 0.134. The van der Waals surface area contributed by atoms with Crippen molar-refractivity contribution in [2.24, 2.45) is 0 Å². The quantitative estimate of drug-likeness (QED) is 0.133. The minimum atomic E-state index is -0.680. The number of aromatic nitrogens is 1. The first-order valence-electron chi connectivity index (χ1n) is 35.9. The van der Waals surface area contributed by atoms with Crippen LogP contribution in [0.1, 0.15) is 101 Å². The van der Waals surface area contributed by atoms with Gasteiger partial charge in [-0.1, -0.05) is 317 Å². The number of fused-ring (bicyclic) bond motifs is 11. The molecule has 486 valence electrons. The second-order valence-electron chi connectivity index (χ2n) is 31.1. The summed E-state index contributed by atoms with van der Waals surface area (Å²) in [6.45, 7) is 21.1. The Balaban J connectivity index is 1.08. The lowest BCUT2D eigenvalue weighted by atomic mass is 9.32. The Morgan fingerprint density at radius 3 is 1.10 bits per heavy atom. The Labute approximate surface area is 595 Å². The SMILES string of the molecule is CC(C)(C)c1cc(-c2ccccc2)c(N2c3cc(-n4c5ccccc5c5ccccc54)ccc3B3c4c2cc(C(C)(C)C)cc4N(c2c(-c4ccccc4)cc(C(C)(C)C)cc2-c2ccccc2)c2ccc4c(c23)-c2ccccc2C4(c2ccccc2)c2ccccc2)c(-c2ccccc2)c1. The molecule has 0 bridgehead atoms. The molecule has 0 fully saturated rings. The van der Waals surface area contributed by atoms with Crippen LogP contribution < -0.4 is 26.2 Å². The summed E-state index contributed by atoms with van der Waals surface area (Å²) in [6, 6.07) is 123. The van der Waals surface area contributed by atoms with Crippen molar-refractivity contribution >= 4 is 79.0 Å². The highest BCUT2D eigenvalue weighted by Gasteiger charge is 2.53. The number of rotatable bonds is 9. The zero-order valence-corrected chi connectivity index (χ0v) is 59.0. The van der Waals surface area contributed by atoms with Crippen molar-refractivity contribution in [2.45, 2.75) is 84.0 Å². The molecule has 4 heteroatoms. The third kappa shape index (κ3) is 9.70. The van der Waals surface area contributed by atoms with E-state index in [1.807, 2.05) is 0 Å². The average Bonchev–Trinajstić information content (AvgIpc) is 1.65. The normalized spacial score (nSPS) is 13.6. The van der Waals surface area contributed by atoms with Crippen LogP contribution in [0.3, 0.4) is 0 Å². The molecule has 0 atom stereocenters. The van der Waals surface area contributed by atoms with Crippen molar-refractivity contribution in [1.29, 1.82) is 0 Å². The van der Waals surface area contributed by atoms with Gasteiger partial charge in [0.1, 0.15) is 0 Å². The average molecular weight is 1300 g/mol. The molecular formula is C97H80BN3. The van der Waals surface area contributed by atoms with Crippen LogP contribution in [0.15, 0.2) is 322 Å². The maximum atomic E-state index is 2.76. The zero-order valence-electron chi connectivity index (χ0n) is 59.0. The summed E-state index contributed by atoms with van der Waals surface area (Å²) < 4.78 is 2.52. The van der Waals surface area contributed by atoms with Gasteiger partial charge in [0.2, 0.25) is 0 Å². The molecular weight excluding hydrogens is 1220 g/mol. The molecule has 0 saturated carbocycles. The van der Waals surface area contributed by atoms with Crippen LogP contribution in [0.2, 0.25) is 0 Å². The monoisotopic (exact) mass is 1300 g/mol. The van der Waals surface area contributed by atoms with Crippen molar-refractivity contribution in [1.82, 2.24) is 4.57 Å². The lowest BCUT2D eigenvalue weighted by Gasteiger charge is -2.47. The minimum Gasteiger partial charge on any atom is -0.310 e. The van der Waals surface area contributed by atoms with E-state index in [0.29, 0.717) is 0 Å². The highest BCUT2D eigenvalue weighted by atomic mass is 15.2. The fourth-order valence-corrected chi connectivity index (χ4v) is 17.2. The smallest absolute Gasteiger partial charge is 0.252 e. The van der Waals surface area contributed by atoms with Crippen LogP contribution in [0, 0.1) is 0 Å². The Morgan fingerprint density at radius 1 is 0.287 bits per heavy atom. The molecule has 14 aromatic carbocycles. The van der Waals surface area contributed by atoms with Gasteiger partial charge in [-0.15, -0.1) is 0 Å². The van der Waals surface area contributed by atoms with Crippen molar-refractivity contribution in [3.05, 3.63) is 360 Å². The number of hydrogen-bond donors (Lipinski definition) is 0. The van der Waals surface area contributed by atoms with Crippen LogP contribution in [0.5, 0.6) is 0 Å². The first kappa shape index (κ1) is 61.8. The van der Waals surface area contributed by atoms with E-state index in [4.69, 9.17) is 0 Å². The molecule has 1 aromatic heterocycles. The molecule has 1 aliphatic carbocycles. The number of anilines is 6. The second kappa shape index (κ2) is 23.3. The van der Waals surface area contributed by atoms with Crippen molar-refractivity contribution in [2.75, 3.05) is 9.80 Å². The Morgan fingerprint density at radius 2 is 0.663 bits per heavy atom. The molecule has 101 heavy (non-hydrogen) atoms. The first-order chi connectivity index (χ1) is 49.1. The maximum Gasteiger partial charge on any atom is 0.252 e. The summed E-state index contributed by atoms with van der Waals surface area (Å²) in [5.74, 6) is 0.